The SMILES string of the molecule is CCNC(=NCC1CC1)NCCN(CC)C(=O)OC(C)(C)C. The number of likely N-dealkylation sites (N-methyl/N-ethyl adjacent to an activating group) is 1. The molecule has 2 N–H and O–H groups in total. The highest BCUT2D eigenvalue weighted by Crippen LogP contribution is 2.28. The molecule has 1 aliphatic rings. The summed E-state index contributed by atoms with van der Waals surface area (Å²) in [6.07, 6.45) is 2.33. The smallest absolute Gasteiger partial charge is 0.410 e. The predicted octanol–water partition coefficient (Wildman–Crippen LogP) is 2.21. The molecule has 0 atom stereocenters. The lowest BCUT2D eigenvalue weighted by atomic mass is 10.2. The van der Waals surface area contributed by atoms with Crippen LogP contribution in [0.15, 0.2) is 4.99 Å². The first kappa shape index (κ1) is 18.6. The third-order valence-corrected chi connectivity index (χ3v) is 3.26. The Hall–Kier alpha value is -1.46. The van der Waals surface area contributed by atoms with E-state index in [4.69, 9.17) is 4.74 Å². The molecule has 1 saturated carbocycles. The van der Waals surface area contributed by atoms with Gasteiger partial charge in [0.25, 0.3) is 0 Å². The third-order valence-electron chi connectivity index (χ3n) is 3.26. The molecular weight excluding hydrogens is 280 g/mol. The Morgan fingerprint density at radius 3 is 2.45 bits per heavy atom. The summed E-state index contributed by atoms with van der Waals surface area (Å²) in [6.45, 7) is 13.2. The van der Waals surface area contributed by atoms with E-state index in [-0.39, 0.29) is 6.09 Å². The van der Waals surface area contributed by atoms with Gasteiger partial charge in [0.2, 0.25) is 0 Å². The predicted molar refractivity (Wildman–Crippen MR) is 90.2 cm³/mol. The van der Waals surface area contributed by atoms with Gasteiger partial charge in [-0.25, -0.2) is 4.79 Å². The second kappa shape index (κ2) is 8.86. The second-order valence-electron chi connectivity index (χ2n) is 6.65. The number of ether oxygens (including phenoxy) is 1. The van der Waals surface area contributed by atoms with E-state index in [9.17, 15) is 4.79 Å². The molecule has 1 amide bonds. The van der Waals surface area contributed by atoms with E-state index < -0.39 is 5.60 Å². The van der Waals surface area contributed by atoms with Crippen molar-refractivity contribution in [1.29, 1.82) is 0 Å². The molecule has 0 radical (unpaired) electrons. The fourth-order valence-electron chi connectivity index (χ4n) is 1.88. The molecular formula is C16H32N4O2. The first-order valence-corrected chi connectivity index (χ1v) is 8.35. The van der Waals surface area contributed by atoms with Crippen LogP contribution < -0.4 is 10.6 Å². The molecule has 6 heteroatoms. The lowest BCUT2D eigenvalue weighted by molar-refractivity contribution is 0.0264. The normalized spacial score (nSPS) is 15.4. The van der Waals surface area contributed by atoms with Crippen LogP contribution in [0.3, 0.4) is 0 Å². The fourth-order valence-corrected chi connectivity index (χ4v) is 1.88. The van der Waals surface area contributed by atoms with Crippen molar-refractivity contribution in [2.75, 3.05) is 32.7 Å². The summed E-state index contributed by atoms with van der Waals surface area (Å²) >= 11 is 0. The number of guanidine groups is 1. The quantitative estimate of drug-likeness (QED) is 0.559. The number of nitrogens with zero attached hydrogens (tertiary/aromatic N) is 2. The van der Waals surface area contributed by atoms with Gasteiger partial charge in [-0.2, -0.15) is 0 Å². The van der Waals surface area contributed by atoms with Crippen molar-refractivity contribution < 1.29 is 9.53 Å². The maximum atomic E-state index is 12.0. The highest BCUT2D eigenvalue weighted by atomic mass is 16.6. The number of rotatable bonds is 7. The van der Waals surface area contributed by atoms with Gasteiger partial charge in [0.15, 0.2) is 5.96 Å². The summed E-state index contributed by atoms with van der Waals surface area (Å²) < 4.78 is 5.40. The molecule has 1 aliphatic carbocycles. The zero-order valence-electron chi connectivity index (χ0n) is 14.7. The first-order chi connectivity index (χ1) is 10.4. The number of hydrogen-bond donors (Lipinski definition) is 2. The summed E-state index contributed by atoms with van der Waals surface area (Å²) in [6, 6.07) is 0. The number of carbonyl (C=O) groups is 1. The molecule has 0 saturated heterocycles. The van der Waals surface area contributed by atoms with Crippen molar-refractivity contribution in [2.24, 2.45) is 10.9 Å². The highest BCUT2D eigenvalue weighted by molar-refractivity contribution is 5.79. The maximum absolute atomic E-state index is 12.0. The van der Waals surface area contributed by atoms with Gasteiger partial charge in [0.1, 0.15) is 5.60 Å². The van der Waals surface area contributed by atoms with Gasteiger partial charge >= 0.3 is 6.09 Å². The van der Waals surface area contributed by atoms with Crippen LogP contribution in [0.4, 0.5) is 4.79 Å². The third kappa shape index (κ3) is 8.10. The second-order valence-corrected chi connectivity index (χ2v) is 6.65. The Balaban J connectivity index is 2.36. The van der Waals surface area contributed by atoms with E-state index in [0.717, 1.165) is 25.0 Å². The Labute approximate surface area is 134 Å². The molecule has 0 aliphatic heterocycles. The zero-order valence-corrected chi connectivity index (χ0v) is 14.7. The van der Waals surface area contributed by atoms with Crippen LogP contribution in [0.5, 0.6) is 0 Å². The van der Waals surface area contributed by atoms with Gasteiger partial charge in [-0.1, -0.05) is 0 Å². The van der Waals surface area contributed by atoms with Crippen molar-refractivity contribution in [1.82, 2.24) is 15.5 Å². The van der Waals surface area contributed by atoms with Crippen LogP contribution in [-0.2, 0) is 4.74 Å². The Morgan fingerprint density at radius 2 is 1.95 bits per heavy atom. The summed E-state index contributed by atoms with van der Waals surface area (Å²) in [5.41, 5.74) is -0.460. The van der Waals surface area contributed by atoms with E-state index >= 15 is 0 Å². The van der Waals surface area contributed by atoms with Crippen molar-refractivity contribution >= 4 is 12.1 Å². The molecule has 1 fully saturated rings. The molecule has 0 aromatic heterocycles. The van der Waals surface area contributed by atoms with Crippen LogP contribution in [0.25, 0.3) is 0 Å². The molecule has 0 spiro atoms. The van der Waals surface area contributed by atoms with Gasteiger partial charge < -0.3 is 20.3 Å². The minimum atomic E-state index is -0.460. The minimum absolute atomic E-state index is 0.267. The van der Waals surface area contributed by atoms with Gasteiger partial charge in [0.05, 0.1) is 0 Å². The van der Waals surface area contributed by atoms with Crippen molar-refractivity contribution in [2.45, 2.75) is 53.1 Å². The summed E-state index contributed by atoms with van der Waals surface area (Å²) in [5, 5.41) is 6.50. The van der Waals surface area contributed by atoms with Gasteiger partial charge in [-0.15, -0.1) is 0 Å². The maximum Gasteiger partial charge on any atom is 0.410 e. The standard InChI is InChI=1S/C16H32N4O2/c1-6-17-14(19-12-13-8-9-13)18-10-11-20(7-2)15(21)22-16(3,4)5/h13H,6-12H2,1-5H3,(H2,17,18,19). The topological polar surface area (TPSA) is 66.0 Å². The first-order valence-electron chi connectivity index (χ1n) is 8.35. The highest BCUT2D eigenvalue weighted by Gasteiger charge is 2.21. The average molecular weight is 312 g/mol. The van der Waals surface area contributed by atoms with Crippen molar-refractivity contribution in [3.05, 3.63) is 0 Å². The lowest BCUT2D eigenvalue weighted by Gasteiger charge is -2.26. The summed E-state index contributed by atoms with van der Waals surface area (Å²) in [4.78, 5) is 18.3. The molecule has 0 unspecified atom stereocenters. The van der Waals surface area contributed by atoms with Crippen molar-refractivity contribution in [3.8, 4) is 0 Å². The van der Waals surface area contributed by atoms with Crippen LogP contribution in [0.2, 0.25) is 0 Å². The number of hydrogen-bond acceptors (Lipinski definition) is 3. The molecule has 0 bridgehead atoms. The monoisotopic (exact) mass is 312 g/mol. The Bertz CT molecular complexity index is 373. The van der Waals surface area contributed by atoms with Crippen LogP contribution in [0, 0.1) is 5.92 Å². The lowest BCUT2D eigenvalue weighted by Crippen LogP contribution is -2.44. The molecule has 22 heavy (non-hydrogen) atoms. The molecule has 0 heterocycles. The molecule has 0 aromatic carbocycles. The Kier molecular flexibility index (Phi) is 7.48. The van der Waals surface area contributed by atoms with E-state index in [1.807, 2.05) is 34.6 Å². The van der Waals surface area contributed by atoms with Gasteiger partial charge in [-0.05, 0) is 53.4 Å². The minimum Gasteiger partial charge on any atom is -0.444 e. The van der Waals surface area contributed by atoms with Crippen LogP contribution in [-0.4, -0.2) is 55.3 Å². The van der Waals surface area contributed by atoms with E-state index in [1.165, 1.54) is 12.8 Å². The molecule has 128 valence electrons. The Morgan fingerprint density at radius 1 is 1.27 bits per heavy atom. The summed E-state index contributed by atoms with van der Waals surface area (Å²) in [5.74, 6) is 1.60. The van der Waals surface area contributed by atoms with E-state index in [0.29, 0.717) is 19.6 Å². The number of aliphatic imine (C=N–C) groups is 1. The summed E-state index contributed by atoms with van der Waals surface area (Å²) in [7, 11) is 0. The van der Waals surface area contributed by atoms with Crippen LogP contribution in [0.1, 0.15) is 47.5 Å². The molecule has 1 rings (SSSR count). The molecule has 6 nitrogen and oxygen atoms in total. The van der Waals surface area contributed by atoms with Gasteiger partial charge in [0, 0.05) is 32.7 Å². The van der Waals surface area contributed by atoms with Crippen molar-refractivity contribution in [3.63, 3.8) is 0 Å². The number of nitrogens with one attached hydrogen (secondary N) is 2. The average Bonchev–Trinajstić information content (AvgIpc) is 3.22. The molecule has 0 aromatic rings. The van der Waals surface area contributed by atoms with E-state index in [2.05, 4.69) is 15.6 Å². The largest absolute Gasteiger partial charge is 0.444 e. The van der Waals surface area contributed by atoms with Crippen LogP contribution >= 0.6 is 0 Å². The van der Waals surface area contributed by atoms with E-state index in [1.54, 1.807) is 4.90 Å². The fraction of sp³-hybridized carbons (Fsp3) is 0.875. The number of amides is 1. The van der Waals surface area contributed by atoms with Gasteiger partial charge in [-0.3, -0.25) is 4.99 Å². The number of carbonyl (C=O) groups excluding carboxylic acids is 1. The zero-order chi connectivity index (χ0) is 16.6.